The molecule has 0 bridgehead atoms. The minimum atomic E-state index is 0.187. The average molecular weight is 242 g/mol. The maximum atomic E-state index is 9.19. The second kappa shape index (κ2) is 6.02. The zero-order chi connectivity index (χ0) is 13.0. The van der Waals surface area contributed by atoms with Crippen LogP contribution in [0.25, 0.3) is 0 Å². The summed E-state index contributed by atoms with van der Waals surface area (Å²) >= 11 is 0. The van der Waals surface area contributed by atoms with E-state index < -0.39 is 0 Å². The topological polar surface area (TPSA) is 35.8 Å². The van der Waals surface area contributed by atoms with Crippen molar-refractivity contribution in [1.29, 1.82) is 5.26 Å². The first-order valence-corrected chi connectivity index (χ1v) is 6.93. The summed E-state index contributed by atoms with van der Waals surface area (Å²) in [7, 11) is 0. The quantitative estimate of drug-likeness (QED) is 0.876. The lowest BCUT2D eigenvalue weighted by atomic mass is 9.85. The molecule has 0 radical (unpaired) electrons. The predicted octanol–water partition coefficient (Wildman–Crippen LogP) is 3.73. The van der Waals surface area contributed by atoms with Gasteiger partial charge < -0.3 is 5.32 Å². The highest BCUT2D eigenvalue weighted by Gasteiger charge is 2.25. The van der Waals surface area contributed by atoms with E-state index in [1.807, 2.05) is 0 Å². The Morgan fingerprint density at radius 1 is 1.22 bits per heavy atom. The first-order chi connectivity index (χ1) is 8.70. The Morgan fingerprint density at radius 2 is 1.89 bits per heavy atom. The number of hydrogen-bond acceptors (Lipinski definition) is 2. The van der Waals surface area contributed by atoms with Gasteiger partial charge in [0.05, 0.1) is 12.0 Å². The monoisotopic (exact) mass is 242 g/mol. The van der Waals surface area contributed by atoms with Crippen LogP contribution in [0.2, 0.25) is 0 Å². The third-order valence-electron chi connectivity index (χ3n) is 3.97. The van der Waals surface area contributed by atoms with Gasteiger partial charge in [-0.15, -0.1) is 0 Å². The van der Waals surface area contributed by atoms with Crippen molar-refractivity contribution < 1.29 is 0 Å². The van der Waals surface area contributed by atoms with Crippen molar-refractivity contribution in [3.05, 3.63) is 35.4 Å². The molecule has 1 N–H and O–H groups in total. The summed E-state index contributed by atoms with van der Waals surface area (Å²) in [6.07, 6.45) is 4.63. The summed E-state index contributed by atoms with van der Waals surface area (Å²) in [6.45, 7) is 4.29. The molecule has 0 spiro atoms. The molecule has 2 rings (SSSR count). The molecule has 0 saturated heterocycles. The standard InChI is InChI=1S/C16H22N2/c1-12-7-9-14(10-8-12)13(2)18-16-6-4-3-5-15(16)11-17/h7-10,13,15-16,18H,3-6H2,1-2H3/t13-,15?,16?/m1/s1. The zero-order valence-electron chi connectivity index (χ0n) is 11.3. The van der Waals surface area contributed by atoms with Crippen molar-refractivity contribution in [3.63, 3.8) is 0 Å². The second-order valence-corrected chi connectivity index (χ2v) is 5.43. The van der Waals surface area contributed by atoms with Crippen LogP contribution in [0.4, 0.5) is 0 Å². The number of aryl methyl sites for hydroxylation is 1. The summed E-state index contributed by atoms with van der Waals surface area (Å²) in [5.74, 6) is 0.187. The molecule has 2 nitrogen and oxygen atoms in total. The highest BCUT2D eigenvalue weighted by Crippen LogP contribution is 2.26. The molecule has 1 fully saturated rings. The van der Waals surface area contributed by atoms with Gasteiger partial charge in [-0.05, 0) is 32.3 Å². The molecule has 0 amide bonds. The lowest BCUT2D eigenvalue weighted by molar-refractivity contribution is 0.292. The largest absolute Gasteiger partial charge is 0.306 e. The second-order valence-electron chi connectivity index (χ2n) is 5.43. The van der Waals surface area contributed by atoms with Gasteiger partial charge in [-0.3, -0.25) is 0 Å². The summed E-state index contributed by atoms with van der Waals surface area (Å²) in [5, 5.41) is 12.8. The number of rotatable bonds is 3. The molecule has 18 heavy (non-hydrogen) atoms. The van der Waals surface area contributed by atoms with Crippen LogP contribution in [-0.2, 0) is 0 Å². The SMILES string of the molecule is Cc1ccc([C@@H](C)NC2CCCCC2C#N)cc1. The van der Waals surface area contributed by atoms with E-state index in [0.717, 1.165) is 12.8 Å². The van der Waals surface area contributed by atoms with E-state index in [1.165, 1.54) is 24.0 Å². The first kappa shape index (κ1) is 13.1. The van der Waals surface area contributed by atoms with Gasteiger partial charge >= 0.3 is 0 Å². The van der Waals surface area contributed by atoms with E-state index in [2.05, 4.69) is 49.5 Å². The van der Waals surface area contributed by atoms with Gasteiger partial charge in [0.2, 0.25) is 0 Å². The maximum absolute atomic E-state index is 9.19. The molecule has 1 saturated carbocycles. The Balaban J connectivity index is 1.99. The van der Waals surface area contributed by atoms with Crippen LogP contribution in [-0.4, -0.2) is 6.04 Å². The molecule has 0 aromatic heterocycles. The fraction of sp³-hybridized carbons (Fsp3) is 0.562. The molecule has 1 aliphatic rings. The molecule has 2 heteroatoms. The van der Waals surface area contributed by atoms with Gasteiger partial charge in [0, 0.05) is 12.1 Å². The first-order valence-electron chi connectivity index (χ1n) is 6.93. The van der Waals surface area contributed by atoms with E-state index in [-0.39, 0.29) is 5.92 Å². The Kier molecular flexibility index (Phi) is 4.38. The van der Waals surface area contributed by atoms with Gasteiger partial charge in [0.1, 0.15) is 0 Å². The molecule has 0 aliphatic heterocycles. The third kappa shape index (κ3) is 3.11. The number of benzene rings is 1. The van der Waals surface area contributed by atoms with E-state index in [4.69, 9.17) is 0 Å². The number of nitrogens with one attached hydrogen (secondary N) is 1. The van der Waals surface area contributed by atoms with Crippen LogP contribution < -0.4 is 5.32 Å². The highest BCUT2D eigenvalue weighted by molar-refractivity contribution is 5.23. The van der Waals surface area contributed by atoms with Crippen LogP contribution in [0.1, 0.15) is 49.8 Å². The minimum absolute atomic E-state index is 0.187. The Bertz CT molecular complexity index is 416. The third-order valence-corrected chi connectivity index (χ3v) is 3.97. The smallest absolute Gasteiger partial charge is 0.0672 e. The average Bonchev–Trinajstić information content (AvgIpc) is 2.40. The van der Waals surface area contributed by atoms with Gasteiger partial charge in [-0.1, -0.05) is 42.7 Å². The Morgan fingerprint density at radius 3 is 2.56 bits per heavy atom. The van der Waals surface area contributed by atoms with Gasteiger partial charge in [0.25, 0.3) is 0 Å². The van der Waals surface area contributed by atoms with Crippen molar-refractivity contribution in [1.82, 2.24) is 5.32 Å². The van der Waals surface area contributed by atoms with E-state index in [9.17, 15) is 5.26 Å². The van der Waals surface area contributed by atoms with Crippen LogP contribution >= 0.6 is 0 Å². The molecule has 0 heterocycles. The highest BCUT2D eigenvalue weighted by atomic mass is 15.0. The van der Waals surface area contributed by atoms with E-state index in [0.29, 0.717) is 12.1 Å². The molecule has 2 unspecified atom stereocenters. The van der Waals surface area contributed by atoms with Gasteiger partial charge in [-0.25, -0.2) is 0 Å². The lowest BCUT2D eigenvalue weighted by Gasteiger charge is -2.30. The zero-order valence-corrected chi connectivity index (χ0v) is 11.3. The van der Waals surface area contributed by atoms with E-state index >= 15 is 0 Å². The Hall–Kier alpha value is -1.33. The van der Waals surface area contributed by atoms with Crippen LogP contribution in [0, 0.1) is 24.2 Å². The summed E-state index contributed by atoms with van der Waals surface area (Å²) in [4.78, 5) is 0. The molecular weight excluding hydrogens is 220 g/mol. The summed E-state index contributed by atoms with van der Waals surface area (Å²) in [6, 6.07) is 11.8. The van der Waals surface area contributed by atoms with Crippen molar-refractivity contribution >= 4 is 0 Å². The normalized spacial score (nSPS) is 25.4. The molecule has 96 valence electrons. The fourth-order valence-electron chi connectivity index (χ4n) is 2.76. The van der Waals surface area contributed by atoms with Crippen molar-refractivity contribution in [2.24, 2.45) is 5.92 Å². The molecular formula is C16H22N2. The van der Waals surface area contributed by atoms with Crippen LogP contribution in [0.3, 0.4) is 0 Å². The summed E-state index contributed by atoms with van der Waals surface area (Å²) < 4.78 is 0. The van der Waals surface area contributed by atoms with Crippen LogP contribution in [0.15, 0.2) is 24.3 Å². The van der Waals surface area contributed by atoms with Crippen molar-refractivity contribution in [2.75, 3.05) is 0 Å². The van der Waals surface area contributed by atoms with E-state index in [1.54, 1.807) is 0 Å². The molecule has 3 atom stereocenters. The van der Waals surface area contributed by atoms with Crippen molar-refractivity contribution in [3.8, 4) is 6.07 Å². The van der Waals surface area contributed by atoms with Gasteiger partial charge in [-0.2, -0.15) is 5.26 Å². The van der Waals surface area contributed by atoms with Crippen molar-refractivity contribution in [2.45, 2.75) is 51.6 Å². The number of nitriles is 1. The fourth-order valence-corrected chi connectivity index (χ4v) is 2.76. The number of nitrogens with zero attached hydrogens (tertiary/aromatic N) is 1. The molecule has 1 aliphatic carbocycles. The van der Waals surface area contributed by atoms with Crippen LogP contribution in [0.5, 0.6) is 0 Å². The number of hydrogen-bond donors (Lipinski definition) is 1. The predicted molar refractivity (Wildman–Crippen MR) is 74.1 cm³/mol. The Labute approximate surface area is 110 Å². The minimum Gasteiger partial charge on any atom is -0.306 e. The summed E-state index contributed by atoms with van der Waals surface area (Å²) in [5.41, 5.74) is 2.60. The van der Waals surface area contributed by atoms with Gasteiger partial charge in [0.15, 0.2) is 0 Å². The maximum Gasteiger partial charge on any atom is 0.0672 e. The lowest BCUT2D eigenvalue weighted by Crippen LogP contribution is -2.39. The molecule has 1 aromatic carbocycles. The molecule has 1 aromatic rings.